The number of hydrogen-bond acceptors (Lipinski definition) is 4. The molecule has 0 saturated carbocycles. The molecule has 0 aliphatic rings. The minimum Gasteiger partial charge on any atom is -0.320 e. The molecular formula is C8H15N5O. The van der Waals surface area contributed by atoms with Gasteiger partial charge in [-0.05, 0) is 20.0 Å². The molecule has 0 aliphatic carbocycles. The highest BCUT2D eigenvalue weighted by molar-refractivity contribution is 5.88. The van der Waals surface area contributed by atoms with Gasteiger partial charge in [0.05, 0.1) is 0 Å². The molecular weight excluding hydrogens is 182 g/mol. The molecule has 1 rings (SSSR count). The fraction of sp³-hybridized carbons (Fsp3) is 0.625. The van der Waals surface area contributed by atoms with Gasteiger partial charge in [-0.3, -0.25) is 10.1 Å². The highest BCUT2D eigenvalue weighted by Crippen LogP contribution is 1.99. The molecule has 0 saturated heterocycles. The Kier molecular flexibility index (Phi) is 4.06. The van der Waals surface area contributed by atoms with Crippen LogP contribution in [0.4, 0.5) is 5.95 Å². The maximum Gasteiger partial charge on any atom is 0.227 e. The van der Waals surface area contributed by atoms with Gasteiger partial charge in [0, 0.05) is 13.5 Å². The van der Waals surface area contributed by atoms with E-state index >= 15 is 0 Å². The monoisotopic (exact) mass is 197 g/mol. The van der Waals surface area contributed by atoms with Gasteiger partial charge in [-0.1, -0.05) is 0 Å². The molecule has 0 spiro atoms. The van der Waals surface area contributed by atoms with E-state index in [4.69, 9.17) is 0 Å². The standard InChI is InChI=1S/C8H15N5O/c1-9-5-3-4-7(14)12-8-10-6-11-13(8)2/h6,9H,3-5H2,1-2H3,(H,10,11,12,14). The Bertz CT molecular complexity index is 296. The van der Waals surface area contributed by atoms with Crippen molar-refractivity contribution in [3.05, 3.63) is 6.33 Å². The van der Waals surface area contributed by atoms with Crippen molar-refractivity contribution >= 4 is 11.9 Å². The van der Waals surface area contributed by atoms with Crippen LogP contribution in [0.1, 0.15) is 12.8 Å². The molecule has 1 amide bonds. The lowest BCUT2D eigenvalue weighted by Crippen LogP contribution is -2.17. The highest BCUT2D eigenvalue weighted by atomic mass is 16.1. The van der Waals surface area contributed by atoms with Crippen LogP contribution >= 0.6 is 0 Å². The van der Waals surface area contributed by atoms with Gasteiger partial charge in [-0.2, -0.15) is 10.1 Å². The summed E-state index contributed by atoms with van der Waals surface area (Å²) in [6.07, 6.45) is 2.72. The molecule has 0 bridgehead atoms. The average molecular weight is 197 g/mol. The summed E-state index contributed by atoms with van der Waals surface area (Å²) >= 11 is 0. The number of carbonyl (C=O) groups excluding carboxylic acids is 1. The first-order chi connectivity index (χ1) is 6.74. The van der Waals surface area contributed by atoms with E-state index in [0.29, 0.717) is 12.4 Å². The topological polar surface area (TPSA) is 71.8 Å². The summed E-state index contributed by atoms with van der Waals surface area (Å²) in [5, 5.41) is 9.50. The van der Waals surface area contributed by atoms with Gasteiger partial charge in [0.25, 0.3) is 0 Å². The number of nitrogens with zero attached hydrogens (tertiary/aromatic N) is 3. The first kappa shape index (κ1) is 10.6. The van der Waals surface area contributed by atoms with Gasteiger partial charge in [0.15, 0.2) is 0 Å². The van der Waals surface area contributed by atoms with E-state index in [9.17, 15) is 4.79 Å². The summed E-state index contributed by atoms with van der Waals surface area (Å²) in [6, 6.07) is 0. The second-order valence-electron chi connectivity index (χ2n) is 2.96. The maximum absolute atomic E-state index is 11.3. The summed E-state index contributed by atoms with van der Waals surface area (Å²) in [7, 11) is 3.59. The van der Waals surface area contributed by atoms with Crippen molar-refractivity contribution in [1.82, 2.24) is 20.1 Å². The number of nitrogens with one attached hydrogen (secondary N) is 2. The number of aromatic nitrogens is 3. The molecule has 2 N–H and O–H groups in total. The van der Waals surface area contributed by atoms with E-state index < -0.39 is 0 Å². The Labute approximate surface area is 82.7 Å². The molecule has 78 valence electrons. The van der Waals surface area contributed by atoms with Crippen LogP contribution < -0.4 is 10.6 Å². The Morgan fingerprint density at radius 1 is 1.64 bits per heavy atom. The number of hydrogen-bond donors (Lipinski definition) is 2. The molecule has 0 aromatic carbocycles. The van der Waals surface area contributed by atoms with Crippen LogP contribution in [-0.2, 0) is 11.8 Å². The van der Waals surface area contributed by atoms with Crippen LogP contribution in [0.3, 0.4) is 0 Å². The van der Waals surface area contributed by atoms with Gasteiger partial charge in [-0.25, -0.2) is 4.68 Å². The lowest BCUT2D eigenvalue weighted by atomic mass is 10.3. The lowest BCUT2D eigenvalue weighted by molar-refractivity contribution is -0.116. The van der Waals surface area contributed by atoms with Gasteiger partial charge in [-0.15, -0.1) is 0 Å². The largest absolute Gasteiger partial charge is 0.320 e. The van der Waals surface area contributed by atoms with Crippen molar-refractivity contribution in [2.24, 2.45) is 7.05 Å². The third-order valence-corrected chi connectivity index (χ3v) is 1.79. The summed E-state index contributed by atoms with van der Waals surface area (Å²) in [6.45, 7) is 0.840. The molecule has 0 radical (unpaired) electrons. The fourth-order valence-electron chi connectivity index (χ4n) is 1.02. The zero-order valence-corrected chi connectivity index (χ0v) is 8.45. The molecule has 0 unspecified atom stereocenters. The third kappa shape index (κ3) is 3.14. The van der Waals surface area contributed by atoms with Crippen LogP contribution in [0.5, 0.6) is 0 Å². The van der Waals surface area contributed by atoms with Gasteiger partial charge in [0.2, 0.25) is 11.9 Å². The SMILES string of the molecule is CNCCCC(=O)Nc1ncnn1C. The van der Waals surface area contributed by atoms with E-state index in [2.05, 4.69) is 20.7 Å². The van der Waals surface area contributed by atoms with Crippen LogP contribution in [0.25, 0.3) is 0 Å². The Morgan fingerprint density at radius 2 is 2.43 bits per heavy atom. The first-order valence-corrected chi connectivity index (χ1v) is 4.52. The molecule has 0 fully saturated rings. The van der Waals surface area contributed by atoms with Crippen LogP contribution in [0.15, 0.2) is 6.33 Å². The van der Waals surface area contributed by atoms with Gasteiger partial charge in [0.1, 0.15) is 6.33 Å². The minimum absolute atomic E-state index is 0.0312. The first-order valence-electron chi connectivity index (χ1n) is 4.52. The van der Waals surface area contributed by atoms with Crippen molar-refractivity contribution in [2.75, 3.05) is 18.9 Å². The van der Waals surface area contributed by atoms with Crippen LogP contribution in [0.2, 0.25) is 0 Å². The van der Waals surface area contributed by atoms with E-state index in [1.54, 1.807) is 7.05 Å². The lowest BCUT2D eigenvalue weighted by Gasteiger charge is -2.03. The molecule has 0 atom stereocenters. The van der Waals surface area contributed by atoms with Crippen molar-refractivity contribution in [3.63, 3.8) is 0 Å². The minimum atomic E-state index is -0.0312. The molecule has 6 heteroatoms. The third-order valence-electron chi connectivity index (χ3n) is 1.79. The van der Waals surface area contributed by atoms with Crippen LogP contribution in [-0.4, -0.2) is 34.3 Å². The molecule has 14 heavy (non-hydrogen) atoms. The zero-order valence-electron chi connectivity index (χ0n) is 8.45. The van der Waals surface area contributed by atoms with E-state index in [1.165, 1.54) is 11.0 Å². The second kappa shape index (κ2) is 5.33. The Balaban J connectivity index is 2.31. The van der Waals surface area contributed by atoms with E-state index in [1.807, 2.05) is 7.05 Å². The number of carbonyl (C=O) groups is 1. The molecule has 1 aromatic heterocycles. The Hall–Kier alpha value is -1.43. The summed E-state index contributed by atoms with van der Waals surface area (Å²) in [5.74, 6) is 0.454. The van der Waals surface area contributed by atoms with Crippen LogP contribution in [0, 0.1) is 0 Å². The summed E-state index contributed by atoms with van der Waals surface area (Å²) < 4.78 is 1.52. The number of anilines is 1. The van der Waals surface area contributed by atoms with E-state index in [-0.39, 0.29) is 5.91 Å². The maximum atomic E-state index is 11.3. The molecule has 0 aliphatic heterocycles. The van der Waals surface area contributed by atoms with Crippen molar-refractivity contribution in [2.45, 2.75) is 12.8 Å². The average Bonchev–Trinajstić information content (AvgIpc) is 2.52. The second-order valence-corrected chi connectivity index (χ2v) is 2.96. The highest BCUT2D eigenvalue weighted by Gasteiger charge is 2.05. The fourth-order valence-corrected chi connectivity index (χ4v) is 1.02. The Morgan fingerprint density at radius 3 is 3.00 bits per heavy atom. The van der Waals surface area contributed by atoms with Crippen molar-refractivity contribution in [1.29, 1.82) is 0 Å². The summed E-state index contributed by atoms with van der Waals surface area (Å²) in [4.78, 5) is 15.2. The quantitative estimate of drug-likeness (QED) is 0.639. The number of rotatable bonds is 5. The van der Waals surface area contributed by atoms with Crippen molar-refractivity contribution < 1.29 is 4.79 Å². The predicted molar refractivity (Wildman–Crippen MR) is 52.8 cm³/mol. The van der Waals surface area contributed by atoms with Crippen molar-refractivity contribution in [3.8, 4) is 0 Å². The van der Waals surface area contributed by atoms with Gasteiger partial charge >= 0.3 is 0 Å². The predicted octanol–water partition coefficient (Wildman–Crippen LogP) is -0.247. The zero-order chi connectivity index (χ0) is 10.4. The van der Waals surface area contributed by atoms with Gasteiger partial charge < -0.3 is 5.32 Å². The molecule has 1 aromatic rings. The molecule has 6 nitrogen and oxygen atoms in total. The number of amides is 1. The normalized spacial score (nSPS) is 10.1. The molecule has 1 heterocycles. The summed E-state index contributed by atoms with van der Waals surface area (Å²) in [5.41, 5.74) is 0. The smallest absolute Gasteiger partial charge is 0.227 e. The van der Waals surface area contributed by atoms with E-state index in [0.717, 1.165) is 13.0 Å². The number of aryl methyl sites for hydroxylation is 1.